The van der Waals surface area contributed by atoms with Crippen LogP contribution in [-0.4, -0.2) is 53.8 Å². The maximum Gasteiger partial charge on any atom is 0.321 e. The van der Waals surface area contributed by atoms with Crippen LogP contribution in [0, 0.1) is 0 Å². The summed E-state index contributed by atoms with van der Waals surface area (Å²) in [6.45, 7) is 5.23. The van der Waals surface area contributed by atoms with Crippen LogP contribution in [0.2, 0.25) is 0 Å². The lowest BCUT2D eigenvalue weighted by Gasteiger charge is -2.30. The Bertz CT molecular complexity index is 1320. The Morgan fingerprint density at radius 3 is 2.81 bits per heavy atom. The number of rotatable bonds is 5. The number of aryl methyl sites for hydroxylation is 1. The van der Waals surface area contributed by atoms with E-state index in [-0.39, 0.29) is 5.75 Å². The Morgan fingerprint density at radius 2 is 2.06 bits per heavy atom. The lowest BCUT2D eigenvalue weighted by Crippen LogP contribution is -2.45. The fourth-order valence-corrected chi connectivity index (χ4v) is 4.58. The second-order valence-corrected chi connectivity index (χ2v) is 8.16. The van der Waals surface area contributed by atoms with Crippen molar-refractivity contribution in [1.29, 1.82) is 0 Å². The summed E-state index contributed by atoms with van der Waals surface area (Å²) in [4.78, 5) is 21.7. The van der Waals surface area contributed by atoms with Gasteiger partial charge in [-0.2, -0.15) is 5.10 Å². The molecule has 0 fully saturated rings. The first-order valence-electron chi connectivity index (χ1n) is 10.8. The molecule has 0 unspecified atom stereocenters. The third kappa shape index (κ3) is 3.33. The summed E-state index contributed by atoms with van der Waals surface area (Å²) in [5, 5.41) is 27.9. The monoisotopic (exact) mass is 431 g/mol. The number of aromatic amines is 2. The van der Waals surface area contributed by atoms with Gasteiger partial charge in [-0.15, -0.1) is 0 Å². The number of aromatic nitrogens is 4. The number of H-pyrrole nitrogens is 2. The number of aromatic hydroxyl groups is 1. The highest BCUT2D eigenvalue weighted by atomic mass is 16.4. The van der Waals surface area contributed by atoms with Gasteiger partial charge in [0.25, 0.3) is 0 Å². The number of nitrogens with zero attached hydrogens (tertiary/aromatic N) is 3. The number of carbonyl (C=O) groups is 1. The number of likely N-dealkylation sites (N-methyl/N-ethyl adjacent to an activating group) is 1. The second kappa shape index (κ2) is 7.80. The number of carboxylic acid groups (broad SMARTS) is 1. The Kier molecular flexibility index (Phi) is 4.94. The van der Waals surface area contributed by atoms with Crippen molar-refractivity contribution in [3.63, 3.8) is 0 Å². The van der Waals surface area contributed by atoms with Crippen molar-refractivity contribution in [3.8, 4) is 28.4 Å². The highest BCUT2D eigenvalue weighted by molar-refractivity contribution is 5.94. The number of nitrogens with one attached hydrogen (secondary N) is 2. The average Bonchev–Trinajstić information content (AvgIpc) is 3.40. The number of carboxylic acids is 1. The van der Waals surface area contributed by atoms with Gasteiger partial charge in [0.2, 0.25) is 0 Å². The second-order valence-electron chi connectivity index (χ2n) is 8.16. The number of phenolic OH excluding ortho intramolecular Hbond substituents is 1. The summed E-state index contributed by atoms with van der Waals surface area (Å²) in [5.74, 6) is 0.0968. The molecule has 0 aliphatic carbocycles. The minimum Gasteiger partial charge on any atom is -0.508 e. The third-order valence-corrected chi connectivity index (χ3v) is 6.31. The van der Waals surface area contributed by atoms with Crippen molar-refractivity contribution in [2.75, 3.05) is 6.54 Å². The molecule has 4 N–H and O–H groups in total. The Hall–Kier alpha value is -3.65. The van der Waals surface area contributed by atoms with E-state index in [9.17, 15) is 15.0 Å². The summed E-state index contributed by atoms with van der Waals surface area (Å²) < 4.78 is 0. The van der Waals surface area contributed by atoms with Crippen molar-refractivity contribution in [1.82, 2.24) is 25.1 Å². The molecule has 1 aliphatic rings. The average molecular weight is 431 g/mol. The van der Waals surface area contributed by atoms with Crippen LogP contribution >= 0.6 is 0 Å². The Labute approximate surface area is 184 Å². The van der Waals surface area contributed by atoms with Gasteiger partial charge in [0.1, 0.15) is 17.5 Å². The van der Waals surface area contributed by atoms with Gasteiger partial charge in [0, 0.05) is 18.4 Å². The molecule has 0 amide bonds. The van der Waals surface area contributed by atoms with Crippen molar-refractivity contribution in [2.24, 2.45) is 0 Å². The van der Waals surface area contributed by atoms with Gasteiger partial charge >= 0.3 is 5.97 Å². The van der Waals surface area contributed by atoms with Crippen LogP contribution in [0.4, 0.5) is 0 Å². The maximum absolute atomic E-state index is 11.6. The van der Waals surface area contributed by atoms with Crippen LogP contribution in [0.1, 0.15) is 30.8 Å². The quantitative estimate of drug-likeness (QED) is 0.383. The van der Waals surface area contributed by atoms with E-state index in [1.165, 1.54) is 0 Å². The van der Waals surface area contributed by atoms with E-state index in [4.69, 9.17) is 4.98 Å². The van der Waals surface area contributed by atoms with E-state index in [2.05, 4.69) is 34.2 Å². The molecule has 164 valence electrons. The number of benzene rings is 2. The van der Waals surface area contributed by atoms with E-state index < -0.39 is 12.0 Å². The molecule has 0 radical (unpaired) electrons. The number of aliphatic carboxylic acids is 1. The zero-order chi connectivity index (χ0) is 22.4. The molecule has 0 bridgehead atoms. The van der Waals surface area contributed by atoms with Crippen molar-refractivity contribution in [3.05, 3.63) is 53.3 Å². The molecule has 4 aromatic rings. The fourth-order valence-electron chi connectivity index (χ4n) is 4.58. The zero-order valence-electron chi connectivity index (χ0n) is 18.0. The van der Waals surface area contributed by atoms with Gasteiger partial charge in [0.15, 0.2) is 5.82 Å². The number of phenols is 1. The van der Waals surface area contributed by atoms with Gasteiger partial charge in [-0.1, -0.05) is 26.0 Å². The molecule has 8 nitrogen and oxygen atoms in total. The SMILES string of the molecule is CCc1cc(O)ccc1-c1ccc2c(-c3nc4c([nH]3)CN(CC)[C@H](C(=O)O)C4)n[nH]c2c1. The molecule has 0 saturated carbocycles. The van der Waals surface area contributed by atoms with Crippen LogP contribution in [-0.2, 0) is 24.2 Å². The number of fused-ring (bicyclic) bond motifs is 2. The Balaban J connectivity index is 1.52. The summed E-state index contributed by atoms with van der Waals surface area (Å²) >= 11 is 0. The zero-order valence-corrected chi connectivity index (χ0v) is 18.0. The third-order valence-electron chi connectivity index (χ3n) is 6.31. The van der Waals surface area contributed by atoms with E-state index in [1.54, 1.807) is 12.1 Å². The van der Waals surface area contributed by atoms with Crippen molar-refractivity contribution >= 4 is 16.9 Å². The first kappa shape index (κ1) is 20.3. The lowest BCUT2D eigenvalue weighted by molar-refractivity contribution is -0.143. The van der Waals surface area contributed by atoms with E-state index >= 15 is 0 Å². The van der Waals surface area contributed by atoms with Crippen LogP contribution in [0.25, 0.3) is 33.5 Å². The van der Waals surface area contributed by atoms with Gasteiger partial charge in [-0.05, 0) is 53.9 Å². The molecule has 3 heterocycles. The van der Waals surface area contributed by atoms with E-state index in [1.807, 2.05) is 24.0 Å². The predicted molar refractivity (Wildman–Crippen MR) is 121 cm³/mol. The van der Waals surface area contributed by atoms with Crippen LogP contribution in [0.15, 0.2) is 36.4 Å². The first-order chi connectivity index (χ1) is 15.5. The molecule has 8 heteroatoms. The molecular weight excluding hydrogens is 406 g/mol. The minimum absolute atomic E-state index is 0.268. The van der Waals surface area contributed by atoms with Gasteiger partial charge in [-0.25, -0.2) is 4.98 Å². The summed E-state index contributed by atoms with van der Waals surface area (Å²) in [6.07, 6.45) is 1.20. The topological polar surface area (TPSA) is 118 Å². The lowest BCUT2D eigenvalue weighted by atomic mass is 9.97. The largest absolute Gasteiger partial charge is 0.508 e. The highest BCUT2D eigenvalue weighted by Crippen LogP contribution is 2.33. The summed E-state index contributed by atoms with van der Waals surface area (Å²) in [6, 6.07) is 11.0. The Morgan fingerprint density at radius 1 is 1.22 bits per heavy atom. The number of hydrogen-bond donors (Lipinski definition) is 4. The van der Waals surface area contributed by atoms with Gasteiger partial charge in [0.05, 0.1) is 16.9 Å². The van der Waals surface area contributed by atoms with E-state index in [0.29, 0.717) is 25.3 Å². The maximum atomic E-state index is 11.6. The van der Waals surface area contributed by atoms with Gasteiger partial charge < -0.3 is 15.2 Å². The fraction of sp³-hybridized carbons (Fsp3) is 0.292. The smallest absolute Gasteiger partial charge is 0.321 e. The molecule has 5 rings (SSSR count). The molecule has 0 saturated heterocycles. The standard InChI is InChI=1S/C24H25N5O3/c1-3-13-9-15(30)6-8-16(13)14-5-7-17-18(10-14)27-28-22(17)23-25-19-11-21(24(31)32)29(4-2)12-20(19)26-23/h5-10,21,30H,3-4,11-12H2,1-2H3,(H,25,26)(H,27,28)(H,31,32)/t21-/m0/s1. The molecule has 0 spiro atoms. The number of imidazole rings is 1. The molecule has 2 aromatic heterocycles. The molecular formula is C24H25N5O3. The van der Waals surface area contributed by atoms with Crippen LogP contribution in [0.3, 0.4) is 0 Å². The molecule has 1 atom stereocenters. The highest BCUT2D eigenvalue weighted by Gasteiger charge is 2.33. The minimum atomic E-state index is -0.819. The van der Waals surface area contributed by atoms with Gasteiger partial charge in [-0.3, -0.25) is 14.8 Å². The molecule has 32 heavy (non-hydrogen) atoms. The number of hydrogen-bond acceptors (Lipinski definition) is 5. The van der Waals surface area contributed by atoms with Crippen molar-refractivity contribution < 1.29 is 15.0 Å². The predicted octanol–water partition coefficient (Wildman–Crippen LogP) is 3.72. The normalized spacial score (nSPS) is 16.4. The van der Waals surface area contributed by atoms with Crippen LogP contribution in [0.5, 0.6) is 5.75 Å². The first-order valence-corrected chi connectivity index (χ1v) is 10.8. The summed E-state index contributed by atoms with van der Waals surface area (Å²) in [7, 11) is 0. The van der Waals surface area contributed by atoms with Crippen LogP contribution < -0.4 is 0 Å². The van der Waals surface area contributed by atoms with Crippen molar-refractivity contribution in [2.45, 2.75) is 39.3 Å². The molecule has 2 aromatic carbocycles. The summed E-state index contributed by atoms with van der Waals surface area (Å²) in [5.41, 5.74) is 6.56. The van der Waals surface area contributed by atoms with E-state index in [0.717, 1.165) is 51.1 Å². The molecule has 1 aliphatic heterocycles.